The number of hydrogen-bond acceptors (Lipinski definition) is 5. The summed E-state index contributed by atoms with van der Waals surface area (Å²) in [6.07, 6.45) is 4.11. The van der Waals surface area contributed by atoms with Crippen LogP contribution in [-0.4, -0.2) is 15.0 Å². The van der Waals surface area contributed by atoms with Crippen LogP contribution in [0.4, 0.5) is 11.9 Å². The maximum absolute atomic E-state index is 5.82. The van der Waals surface area contributed by atoms with E-state index in [1.165, 1.54) is 11.1 Å². The number of nitrogen functional groups attached to an aromatic ring is 1. The van der Waals surface area contributed by atoms with Gasteiger partial charge in [-0.2, -0.15) is 15.0 Å². The van der Waals surface area contributed by atoms with Crippen molar-refractivity contribution in [3.05, 3.63) is 41.2 Å². The van der Waals surface area contributed by atoms with E-state index in [1.54, 1.807) is 0 Å². The van der Waals surface area contributed by atoms with E-state index in [0.29, 0.717) is 11.9 Å². The number of rotatable bonds is 4. The van der Waals surface area contributed by atoms with Gasteiger partial charge in [0.1, 0.15) is 5.82 Å². The topological polar surface area (TPSA) is 76.7 Å². The minimum atomic E-state index is 0.223. The highest BCUT2D eigenvalue weighted by molar-refractivity contribution is 5.40. The van der Waals surface area contributed by atoms with Gasteiger partial charge in [0.2, 0.25) is 11.9 Å². The third kappa shape index (κ3) is 3.03. The minimum absolute atomic E-state index is 0.223. The van der Waals surface area contributed by atoms with Crippen molar-refractivity contribution in [1.82, 2.24) is 15.0 Å². The number of aryl methyl sites for hydroxylation is 2. The molecule has 5 heteroatoms. The molecule has 3 rings (SSSR count). The van der Waals surface area contributed by atoms with Crippen LogP contribution in [0, 0.1) is 5.92 Å². The molecule has 0 aliphatic heterocycles. The Morgan fingerprint density at radius 3 is 2.86 bits per heavy atom. The first-order chi connectivity index (χ1) is 10.7. The molecule has 0 saturated carbocycles. The van der Waals surface area contributed by atoms with E-state index in [1.807, 2.05) is 0 Å². The molecule has 2 aromatic rings. The first-order valence-electron chi connectivity index (χ1n) is 8.02. The zero-order valence-electron chi connectivity index (χ0n) is 13.2. The molecule has 3 N–H and O–H groups in total. The Balaban J connectivity index is 1.89. The smallest absolute Gasteiger partial charge is 0.228 e. The summed E-state index contributed by atoms with van der Waals surface area (Å²) in [4.78, 5) is 13.0. The lowest BCUT2D eigenvalue weighted by atomic mass is 9.81. The largest absolute Gasteiger partial charge is 0.368 e. The van der Waals surface area contributed by atoms with Gasteiger partial charge in [-0.3, -0.25) is 0 Å². The van der Waals surface area contributed by atoms with Crippen molar-refractivity contribution in [2.24, 2.45) is 5.92 Å². The average molecular weight is 297 g/mol. The van der Waals surface area contributed by atoms with Crippen LogP contribution in [0.1, 0.15) is 49.7 Å². The van der Waals surface area contributed by atoms with Gasteiger partial charge < -0.3 is 11.1 Å². The monoisotopic (exact) mass is 297 g/mol. The summed E-state index contributed by atoms with van der Waals surface area (Å²) in [7, 11) is 0. The summed E-state index contributed by atoms with van der Waals surface area (Å²) in [6.45, 7) is 4.37. The maximum Gasteiger partial charge on any atom is 0.228 e. The molecule has 0 bridgehead atoms. The average Bonchev–Trinajstić information content (AvgIpc) is 2.50. The summed E-state index contributed by atoms with van der Waals surface area (Å²) < 4.78 is 0. The van der Waals surface area contributed by atoms with Crippen LogP contribution in [0.3, 0.4) is 0 Å². The van der Waals surface area contributed by atoms with Crippen molar-refractivity contribution < 1.29 is 0 Å². The predicted molar refractivity (Wildman–Crippen MR) is 88.5 cm³/mol. The van der Waals surface area contributed by atoms with Gasteiger partial charge in [0.25, 0.3) is 0 Å². The third-order valence-electron chi connectivity index (χ3n) is 4.29. The molecule has 0 saturated heterocycles. The summed E-state index contributed by atoms with van der Waals surface area (Å²) >= 11 is 0. The lowest BCUT2D eigenvalue weighted by Crippen LogP contribution is -2.26. The van der Waals surface area contributed by atoms with Crippen LogP contribution in [0.5, 0.6) is 0 Å². The second-order valence-electron chi connectivity index (χ2n) is 6.02. The molecule has 0 radical (unpaired) electrons. The molecule has 0 amide bonds. The van der Waals surface area contributed by atoms with Gasteiger partial charge in [-0.25, -0.2) is 0 Å². The normalized spacial score (nSPS) is 20.5. The molecule has 22 heavy (non-hydrogen) atoms. The van der Waals surface area contributed by atoms with E-state index < -0.39 is 0 Å². The highest BCUT2D eigenvalue weighted by Crippen LogP contribution is 2.35. The zero-order chi connectivity index (χ0) is 15.5. The van der Waals surface area contributed by atoms with Gasteiger partial charge in [0, 0.05) is 6.42 Å². The van der Waals surface area contributed by atoms with Crippen LogP contribution in [-0.2, 0) is 12.8 Å². The molecule has 1 heterocycles. The van der Waals surface area contributed by atoms with Crippen molar-refractivity contribution >= 4 is 11.9 Å². The fourth-order valence-electron chi connectivity index (χ4n) is 3.12. The molecule has 116 valence electrons. The van der Waals surface area contributed by atoms with Crippen LogP contribution in [0.25, 0.3) is 0 Å². The number of anilines is 2. The van der Waals surface area contributed by atoms with Gasteiger partial charge in [0.05, 0.1) is 6.04 Å². The lowest BCUT2D eigenvalue weighted by Gasteiger charge is -2.32. The van der Waals surface area contributed by atoms with E-state index in [0.717, 1.165) is 31.5 Å². The number of nitrogens with one attached hydrogen (secondary N) is 1. The predicted octanol–water partition coefficient (Wildman–Crippen LogP) is 3.14. The van der Waals surface area contributed by atoms with Gasteiger partial charge in [-0.05, 0) is 36.3 Å². The summed E-state index contributed by atoms with van der Waals surface area (Å²) in [5.74, 6) is 2.17. The molecule has 2 unspecified atom stereocenters. The molecule has 0 spiro atoms. The van der Waals surface area contributed by atoms with E-state index in [-0.39, 0.29) is 12.0 Å². The molecule has 2 atom stereocenters. The quantitative estimate of drug-likeness (QED) is 0.906. The molecule has 1 aromatic heterocycles. The van der Waals surface area contributed by atoms with Gasteiger partial charge in [-0.1, -0.05) is 38.1 Å². The second kappa shape index (κ2) is 6.30. The Labute approximate surface area is 131 Å². The first-order valence-corrected chi connectivity index (χ1v) is 8.02. The zero-order valence-corrected chi connectivity index (χ0v) is 13.2. The Morgan fingerprint density at radius 1 is 1.23 bits per heavy atom. The highest BCUT2D eigenvalue weighted by atomic mass is 15.2. The molecule has 1 aliphatic carbocycles. The minimum Gasteiger partial charge on any atom is -0.368 e. The molecule has 1 aromatic carbocycles. The van der Waals surface area contributed by atoms with Gasteiger partial charge in [0.15, 0.2) is 0 Å². The molecular formula is C17H23N5. The van der Waals surface area contributed by atoms with Crippen LogP contribution < -0.4 is 11.1 Å². The van der Waals surface area contributed by atoms with Gasteiger partial charge >= 0.3 is 0 Å². The van der Waals surface area contributed by atoms with Crippen LogP contribution >= 0.6 is 0 Å². The van der Waals surface area contributed by atoms with Crippen LogP contribution in [0.15, 0.2) is 24.3 Å². The number of fused-ring (bicyclic) bond motifs is 1. The number of aromatic nitrogens is 3. The lowest BCUT2D eigenvalue weighted by molar-refractivity contribution is 0.432. The Kier molecular flexibility index (Phi) is 4.22. The Morgan fingerprint density at radius 2 is 2.05 bits per heavy atom. The summed E-state index contributed by atoms with van der Waals surface area (Å²) in [5, 5.41) is 3.48. The maximum atomic E-state index is 5.82. The SMILES string of the molecule is CCCc1nc(N)nc(NC2c3ccccc3CCC2C)n1. The first kappa shape index (κ1) is 14.8. The van der Waals surface area contributed by atoms with Crippen molar-refractivity contribution in [3.63, 3.8) is 0 Å². The fourth-order valence-corrected chi connectivity index (χ4v) is 3.12. The van der Waals surface area contributed by atoms with Crippen molar-refractivity contribution in [2.75, 3.05) is 11.1 Å². The van der Waals surface area contributed by atoms with E-state index >= 15 is 0 Å². The van der Waals surface area contributed by atoms with Crippen molar-refractivity contribution in [2.45, 2.75) is 45.6 Å². The third-order valence-corrected chi connectivity index (χ3v) is 4.29. The number of benzene rings is 1. The van der Waals surface area contributed by atoms with Gasteiger partial charge in [-0.15, -0.1) is 0 Å². The molecule has 0 fully saturated rings. The standard InChI is InChI=1S/C17H23N5/c1-3-6-14-19-16(18)22-17(20-14)21-15-11(2)9-10-12-7-4-5-8-13(12)15/h4-5,7-8,11,15H,3,6,9-10H2,1-2H3,(H3,18,19,20,21,22). The number of nitrogens with zero attached hydrogens (tertiary/aromatic N) is 3. The Bertz CT molecular complexity index is 655. The van der Waals surface area contributed by atoms with Crippen LogP contribution in [0.2, 0.25) is 0 Å². The van der Waals surface area contributed by atoms with E-state index in [9.17, 15) is 0 Å². The van der Waals surface area contributed by atoms with Crippen molar-refractivity contribution in [1.29, 1.82) is 0 Å². The van der Waals surface area contributed by atoms with E-state index in [2.05, 4.69) is 58.4 Å². The fraction of sp³-hybridized carbons (Fsp3) is 0.471. The van der Waals surface area contributed by atoms with Crippen molar-refractivity contribution in [3.8, 4) is 0 Å². The number of nitrogens with two attached hydrogens (primary N) is 1. The number of hydrogen-bond donors (Lipinski definition) is 2. The Hall–Kier alpha value is -2.17. The second-order valence-corrected chi connectivity index (χ2v) is 6.02. The summed E-state index contributed by atoms with van der Waals surface area (Å²) in [5.41, 5.74) is 8.58. The van der Waals surface area contributed by atoms with E-state index in [4.69, 9.17) is 5.73 Å². The molecular weight excluding hydrogens is 274 g/mol. The molecule has 1 aliphatic rings. The highest BCUT2D eigenvalue weighted by Gasteiger charge is 2.27. The summed E-state index contributed by atoms with van der Waals surface area (Å²) in [6, 6.07) is 8.82. The molecule has 5 nitrogen and oxygen atoms in total.